The molecule has 0 unspecified atom stereocenters. The van der Waals surface area contributed by atoms with Crippen LogP contribution in [0.1, 0.15) is 21.5 Å². The molecule has 2 aromatic rings. The third-order valence-corrected chi connectivity index (χ3v) is 4.69. The maximum absolute atomic E-state index is 11.8. The van der Waals surface area contributed by atoms with Crippen LogP contribution in [0.2, 0.25) is 0 Å². The largest absolute Gasteiger partial charge is 0.503 e. The summed E-state index contributed by atoms with van der Waals surface area (Å²) in [4.78, 5) is 15.7. The summed E-state index contributed by atoms with van der Waals surface area (Å²) >= 11 is 6.37. The topological polar surface area (TPSA) is 94.8 Å². The first-order valence-corrected chi connectivity index (χ1v) is 7.65. The van der Waals surface area contributed by atoms with Crippen molar-refractivity contribution < 1.29 is 15.0 Å². The van der Waals surface area contributed by atoms with E-state index in [4.69, 9.17) is 0 Å². The number of benzene rings is 1. The van der Waals surface area contributed by atoms with Gasteiger partial charge in [0.1, 0.15) is 0 Å². The fourth-order valence-electron chi connectivity index (χ4n) is 1.67. The molecule has 0 atom stereocenters. The zero-order chi connectivity index (χ0) is 16.3. The lowest BCUT2D eigenvalue weighted by molar-refractivity contribution is 0.0955. The number of carbonyl (C=O) groups is 1. The molecule has 2 rings (SSSR count). The lowest BCUT2D eigenvalue weighted by Crippen LogP contribution is -2.17. The normalized spacial score (nSPS) is 10.9. The molecule has 0 bridgehead atoms. The summed E-state index contributed by atoms with van der Waals surface area (Å²) in [6, 6.07) is 3.13. The summed E-state index contributed by atoms with van der Waals surface area (Å²) in [7, 11) is 0. The van der Waals surface area contributed by atoms with E-state index < -0.39 is 0 Å². The minimum absolute atomic E-state index is 0.262. The van der Waals surface area contributed by atoms with Crippen LogP contribution in [0.3, 0.4) is 0 Å². The van der Waals surface area contributed by atoms with E-state index in [1.807, 2.05) is 0 Å². The van der Waals surface area contributed by atoms with Gasteiger partial charge in [-0.3, -0.25) is 9.78 Å². The van der Waals surface area contributed by atoms with Gasteiger partial charge in [0.15, 0.2) is 11.5 Å². The second-order valence-electron chi connectivity index (χ2n) is 4.30. The van der Waals surface area contributed by atoms with Crippen LogP contribution >= 0.6 is 31.9 Å². The van der Waals surface area contributed by atoms with Gasteiger partial charge in [0.05, 0.1) is 15.2 Å². The maximum Gasteiger partial charge on any atom is 0.271 e. The molecule has 0 aliphatic rings. The Balaban J connectivity index is 2.23. The van der Waals surface area contributed by atoms with E-state index in [1.54, 1.807) is 19.1 Å². The van der Waals surface area contributed by atoms with Gasteiger partial charge in [-0.25, -0.2) is 5.43 Å². The molecule has 0 aliphatic carbocycles. The number of aromatic hydroxyl groups is 2. The van der Waals surface area contributed by atoms with Crippen LogP contribution in [-0.2, 0) is 0 Å². The molecule has 22 heavy (non-hydrogen) atoms. The molecule has 0 fully saturated rings. The molecule has 8 heteroatoms. The Morgan fingerprint density at radius 3 is 2.45 bits per heavy atom. The number of nitrogens with one attached hydrogen (secondary N) is 1. The van der Waals surface area contributed by atoms with Crippen molar-refractivity contribution >= 4 is 44.0 Å². The van der Waals surface area contributed by atoms with E-state index in [2.05, 4.69) is 47.4 Å². The number of aromatic nitrogens is 1. The Bertz CT molecular complexity index is 720. The first-order chi connectivity index (χ1) is 10.4. The molecule has 0 aliphatic heterocycles. The van der Waals surface area contributed by atoms with E-state index in [0.717, 1.165) is 0 Å². The van der Waals surface area contributed by atoms with Crippen LogP contribution in [0.25, 0.3) is 0 Å². The van der Waals surface area contributed by atoms with Crippen LogP contribution in [-0.4, -0.2) is 27.3 Å². The highest BCUT2D eigenvalue weighted by Gasteiger charge is 2.17. The zero-order valence-electron chi connectivity index (χ0n) is 11.3. The Labute approximate surface area is 143 Å². The van der Waals surface area contributed by atoms with E-state index in [1.165, 1.54) is 18.6 Å². The number of pyridine rings is 1. The summed E-state index contributed by atoms with van der Waals surface area (Å²) in [5.74, 6) is -0.948. The number of rotatable bonds is 3. The number of hydrogen-bond donors (Lipinski definition) is 3. The Kier molecular flexibility index (Phi) is 5.15. The summed E-state index contributed by atoms with van der Waals surface area (Å²) in [6.07, 6.45) is 4.39. The second kappa shape index (κ2) is 6.89. The van der Waals surface area contributed by atoms with E-state index in [9.17, 15) is 15.0 Å². The van der Waals surface area contributed by atoms with Crippen molar-refractivity contribution in [1.29, 1.82) is 0 Å². The zero-order valence-corrected chi connectivity index (χ0v) is 14.5. The molecule has 0 saturated carbocycles. The molecule has 3 N–H and O–H groups in total. The van der Waals surface area contributed by atoms with Crippen molar-refractivity contribution in [2.45, 2.75) is 6.92 Å². The third-order valence-electron chi connectivity index (χ3n) is 2.91. The van der Waals surface area contributed by atoms with Crippen molar-refractivity contribution in [3.63, 3.8) is 0 Å². The van der Waals surface area contributed by atoms with Crippen molar-refractivity contribution in [2.24, 2.45) is 5.10 Å². The quantitative estimate of drug-likeness (QED) is 0.397. The van der Waals surface area contributed by atoms with Gasteiger partial charge < -0.3 is 10.2 Å². The van der Waals surface area contributed by atoms with E-state index in [-0.39, 0.29) is 21.9 Å². The first kappa shape index (κ1) is 16.4. The SMILES string of the molecule is Cc1c(Br)c(O)c(O)c(Br)c1C=NNC(=O)c1ccncc1. The lowest BCUT2D eigenvalue weighted by Gasteiger charge is -2.10. The summed E-state index contributed by atoms with van der Waals surface area (Å²) in [6.45, 7) is 1.74. The number of hydrogen-bond acceptors (Lipinski definition) is 5. The van der Waals surface area contributed by atoms with Crippen molar-refractivity contribution in [3.8, 4) is 11.5 Å². The fraction of sp³-hybridized carbons (Fsp3) is 0.0714. The highest BCUT2D eigenvalue weighted by atomic mass is 79.9. The number of phenols is 2. The second-order valence-corrected chi connectivity index (χ2v) is 5.88. The number of phenolic OH excluding ortho intramolecular Hbond substituents is 2. The van der Waals surface area contributed by atoms with Gasteiger partial charge in [0.25, 0.3) is 5.91 Å². The molecule has 0 saturated heterocycles. The van der Waals surface area contributed by atoms with Gasteiger partial charge in [0, 0.05) is 23.5 Å². The van der Waals surface area contributed by atoms with Gasteiger partial charge >= 0.3 is 0 Å². The van der Waals surface area contributed by atoms with Crippen LogP contribution in [0.5, 0.6) is 11.5 Å². The van der Waals surface area contributed by atoms with Crippen LogP contribution < -0.4 is 5.43 Å². The highest BCUT2D eigenvalue weighted by Crippen LogP contribution is 2.43. The van der Waals surface area contributed by atoms with E-state index in [0.29, 0.717) is 21.2 Å². The van der Waals surface area contributed by atoms with Gasteiger partial charge in [-0.2, -0.15) is 5.10 Å². The van der Waals surface area contributed by atoms with Gasteiger partial charge in [-0.05, 0) is 56.5 Å². The molecule has 1 aromatic carbocycles. The molecule has 1 heterocycles. The number of amides is 1. The molecule has 0 radical (unpaired) electrons. The molecule has 1 aromatic heterocycles. The number of hydrazone groups is 1. The molecule has 114 valence electrons. The summed E-state index contributed by atoms with van der Waals surface area (Å²) in [5, 5.41) is 23.4. The monoisotopic (exact) mass is 427 g/mol. The molecular weight excluding hydrogens is 418 g/mol. The third kappa shape index (κ3) is 3.28. The summed E-state index contributed by atoms with van der Waals surface area (Å²) in [5.41, 5.74) is 3.99. The highest BCUT2D eigenvalue weighted by molar-refractivity contribution is 9.11. The smallest absolute Gasteiger partial charge is 0.271 e. The van der Waals surface area contributed by atoms with Crippen molar-refractivity contribution in [1.82, 2.24) is 10.4 Å². The fourth-order valence-corrected chi connectivity index (χ4v) is 2.66. The first-order valence-electron chi connectivity index (χ1n) is 6.06. The molecule has 0 spiro atoms. The standard InChI is InChI=1S/C14H11Br2N3O3/c1-7-9(11(16)13(21)12(20)10(7)15)6-18-19-14(22)8-2-4-17-5-3-8/h2-6,20-21H,1H3,(H,19,22). The van der Waals surface area contributed by atoms with Crippen molar-refractivity contribution in [3.05, 3.63) is 50.2 Å². The Morgan fingerprint density at radius 2 is 1.82 bits per heavy atom. The predicted octanol–water partition coefficient (Wildman–Crippen LogP) is 3.09. The Hall–Kier alpha value is -1.93. The maximum atomic E-state index is 11.8. The van der Waals surface area contributed by atoms with Crippen molar-refractivity contribution in [2.75, 3.05) is 0 Å². The number of halogens is 2. The molecule has 1 amide bonds. The minimum Gasteiger partial charge on any atom is -0.503 e. The number of carbonyl (C=O) groups excluding carboxylic acids is 1. The molecule has 6 nitrogen and oxygen atoms in total. The van der Waals surface area contributed by atoms with Gasteiger partial charge in [-0.1, -0.05) is 0 Å². The lowest BCUT2D eigenvalue weighted by atomic mass is 10.1. The predicted molar refractivity (Wildman–Crippen MR) is 89.2 cm³/mol. The summed E-state index contributed by atoms with van der Waals surface area (Å²) < 4.78 is 0.641. The number of nitrogens with zero attached hydrogens (tertiary/aromatic N) is 2. The van der Waals surface area contributed by atoms with E-state index >= 15 is 0 Å². The average molecular weight is 429 g/mol. The van der Waals surface area contributed by atoms with Gasteiger partial charge in [-0.15, -0.1) is 0 Å². The van der Waals surface area contributed by atoms with Gasteiger partial charge in [0.2, 0.25) is 0 Å². The Morgan fingerprint density at radius 1 is 1.23 bits per heavy atom. The van der Waals surface area contributed by atoms with Crippen LogP contribution in [0.15, 0.2) is 38.6 Å². The minimum atomic E-state index is -0.380. The van der Waals surface area contributed by atoms with Crippen LogP contribution in [0, 0.1) is 6.92 Å². The van der Waals surface area contributed by atoms with Crippen LogP contribution in [0.4, 0.5) is 0 Å². The average Bonchev–Trinajstić information content (AvgIpc) is 2.55. The molecular formula is C14H11Br2N3O3.